The maximum atomic E-state index is 4.64. The maximum Gasteiger partial charge on any atom is 0.138 e. The zero-order valence-corrected chi connectivity index (χ0v) is 12.9. The van der Waals surface area contributed by atoms with E-state index in [4.69, 9.17) is 0 Å². The Morgan fingerprint density at radius 3 is 2.89 bits per heavy atom. The molecule has 4 heteroatoms. The standard InChI is InChI=1S/C15H25N3S/c1-12(2)9-16-10-13-7-8-17-15(18-13)11-19-14-5-3-4-6-14/h7-8,12,14,16H,3-6,9-11H2,1-2H3. The van der Waals surface area contributed by atoms with Crippen LogP contribution in [0, 0.1) is 5.92 Å². The van der Waals surface area contributed by atoms with Gasteiger partial charge in [-0.15, -0.1) is 0 Å². The fraction of sp³-hybridized carbons (Fsp3) is 0.733. The number of rotatable bonds is 7. The van der Waals surface area contributed by atoms with Crippen molar-refractivity contribution in [2.75, 3.05) is 6.54 Å². The molecule has 0 amide bonds. The third-order valence-electron chi connectivity index (χ3n) is 3.37. The van der Waals surface area contributed by atoms with Crippen LogP contribution in [0.25, 0.3) is 0 Å². The van der Waals surface area contributed by atoms with Gasteiger partial charge in [0.05, 0.1) is 11.4 Å². The van der Waals surface area contributed by atoms with E-state index in [2.05, 4.69) is 29.1 Å². The van der Waals surface area contributed by atoms with Crippen LogP contribution in [0.5, 0.6) is 0 Å². The molecule has 1 aromatic heterocycles. The molecule has 106 valence electrons. The highest BCUT2D eigenvalue weighted by Gasteiger charge is 2.15. The predicted octanol–water partition coefficient (Wildman–Crippen LogP) is 3.40. The van der Waals surface area contributed by atoms with Gasteiger partial charge in [0.15, 0.2) is 0 Å². The third-order valence-corrected chi connectivity index (χ3v) is 4.74. The van der Waals surface area contributed by atoms with Gasteiger partial charge in [0.2, 0.25) is 0 Å². The fourth-order valence-electron chi connectivity index (χ4n) is 2.35. The van der Waals surface area contributed by atoms with Gasteiger partial charge in [-0.1, -0.05) is 26.7 Å². The monoisotopic (exact) mass is 279 g/mol. The summed E-state index contributed by atoms with van der Waals surface area (Å²) < 4.78 is 0. The highest BCUT2D eigenvalue weighted by Crippen LogP contribution is 2.30. The predicted molar refractivity (Wildman–Crippen MR) is 82.1 cm³/mol. The first-order valence-corrected chi connectivity index (χ1v) is 8.42. The number of nitrogens with one attached hydrogen (secondary N) is 1. The summed E-state index contributed by atoms with van der Waals surface area (Å²) in [6.07, 6.45) is 7.44. The lowest BCUT2D eigenvalue weighted by molar-refractivity contribution is 0.547. The molecule has 0 radical (unpaired) electrons. The minimum atomic E-state index is 0.680. The summed E-state index contributed by atoms with van der Waals surface area (Å²) >= 11 is 2.03. The Hall–Kier alpha value is -0.610. The van der Waals surface area contributed by atoms with Crippen LogP contribution in [-0.2, 0) is 12.3 Å². The molecule has 0 atom stereocenters. The number of hydrogen-bond acceptors (Lipinski definition) is 4. The molecular weight excluding hydrogens is 254 g/mol. The number of thioether (sulfide) groups is 1. The highest BCUT2D eigenvalue weighted by molar-refractivity contribution is 7.99. The van der Waals surface area contributed by atoms with Crippen molar-refractivity contribution < 1.29 is 0 Å². The molecule has 0 saturated heterocycles. The molecule has 1 aliphatic rings. The Morgan fingerprint density at radius 2 is 2.16 bits per heavy atom. The van der Waals surface area contributed by atoms with Crippen molar-refractivity contribution in [1.82, 2.24) is 15.3 Å². The van der Waals surface area contributed by atoms with E-state index in [0.717, 1.165) is 35.6 Å². The first-order valence-electron chi connectivity index (χ1n) is 7.37. The Bertz CT molecular complexity index is 375. The van der Waals surface area contributed by atoms with Gasteiger partial charge in [0.25, 0.3) is 0 Å². The summed E-state index contributed by atoms with van der Waals surface area (Å²) in [6, 6.07) is 2.01. The molecule has 1 heterocycles. The molecule has 0 aromatic carbocycles. The van der Waals surface area contributed by atoms with E-state index in [1.807, 2.05) is 24.0 Å². The lowest BCUT2D eigenvalue weighted by Crippen LogP contribution is -2.20. The van der Waals surface area contributed by atoms with Gasteiger partial charge >= 0.3 is 0 Å². The number of nitrogens with zero attached hydrogens (tertiary/aromatic N) is 2. The van der Waals surface area contributed by atoms with Crippen molar-refractivity contribution >= 4 is 11.8 Å². The van der Waals surface area contributed by atoms with Gasteiger partial charge in [0, 0.05) is 18.0 Å². The molecule has 1 saturated carbocycles. The van der Waals surface area contributed by atoms with Crippen LogP contribution >= 0.6 is 11.8 Å². The first kappa shape index (κ1) is 14.8. The Labute approximate surface area is 121 Å². The van der Waals surface area contributed by atoms with Gasteiger partial charge in [-0.05, 0) is 31.4 Å². The fourth-order valence-corrected chi connectivity index (χ4v) is 3.54. The lowest BCUT2D eigenvalue weighted by Gasteiger charge is -2.09. The van der Waals surface area contributed by atoms with Gasteiger partial charge < -0.3 is 5.32 Å². The molecule has 3 nitrogen and oxygen atoms in total. The molecular formula is C15H25N3S. The van der Waals surface area contributed by atoms with Gasteiger partial charge in [-0.25, -0.2) is 9.97 Å². The summed E-state index contributed by atoms with van der Waals surface area (Å²) in [5, 5.41) is 4.27. The Morgan fingerprint density at radius 1 is 1.37 bits per heavy atom. The molecule has 0 unspecified atom stereocenters. The van der Waals surface area contributed by atoms with Gasteiger partial charge in [-0.3, -0.25) is 0 Å². The van der Waals surface area contributed by atoms with Crippen molar-refractivity contribution in [3.63, 3.8) is 0 Å². The quantitative estimate of drug-likeness (QED) is 0.830. The van der Waals surface area contributed by atoms with E-state index in [1.165, 1.54) is 25.7 Å². The summed E-state index contributed by atoms with van der Waals surface area (Å²) in [6.45, 7) is 6.32. The van der Waals surface area contributed by atoms with Crippen LogP contribution in [0.1, 0.15) is 51.0 Å². The largest absolute Gasteiger partial charge is 0.311 e. The Kier molecular flexibility index (Phi) is 6.11. The van der Waals surface area contributed by atoms with E-state index in [-0.39, 0.29) is 0 Å². The van der Waals surface area contributed by atoms with Crippen molar-refractivity contribution in [3.05, 3.63) is 23.8 Å². The SMILES string of the molecule is CC(C)CNCc1ccnc(CSC2CCCC2)n1. The van der Waals surface area contributed by atoms with E-state index in [9.17, 15) is 0 Å². The molecule has 1 aromatic rings. The molecule has 2 rings (SSSR count). The van der Waals surface area contributed by atoms with Crippen LogP contribution in [0.15, 0.2) is 12.3 Å². The lowest BCUT2D eigenvalue weighted by atomic mass is 10.2. The van der Waals surface area contributed by atoms with Crippen LogP contribution < -0.4 is 5.32 Å². The van der Waals surface area contributed by atoms with Crippen molar-refractivity contribution in [2.45, 2.75) is 57.1 Å². The smallest absolute Gasteiger partial charge is 0.138 e. The molecule has 0 aliphatic heterocycles. The molecule has 19 heavy (non-hydrogen) atoms. The second kappa shape index (κ2) is 7.85. The van der Waals surface area contributed by atoms with Crippen molar-refractivity contribution in [1.29, 1.82) is 0 Å². The van der Waals surface area contributed by atoms with Crippen molar-refractivity contribution in [3.8, 4) is 0 Å². The topological polar surface area (TPSA) is 37.8 Å². The normalized spacial score (nSPS) is 16.4. The zero-order chi connectivity index (χ0) is 13.5. The summed E-state index contributed by atoms with van der Waals surface area (Å²) in [5.74, 6) is 2.63. The molecule has 0 spiro atoms. The van der Waals surface area contributed by atoms with Gasteiger partial charge in [-0.2, -0.15) is 11.8 Å². The molecule has 1 N–H and O–H groups in total. The van der Waals surface area contributed by atoms with Crippen LogP contribution in [0.2, 0.25) is 0 Å². The number of aromatic nitrogens is 2. The van der Waals surface area contributed by atoms with E-state index < -0.39 is 0 Å². The third kappa shape index (κ3) is 5.49. The first-order chi connectivity index (χ1) is 9.24. The molecule has 0 bridgehead atoms. The van der Waals surface area contributed by atoms with Crippen LogP contribution in [0.4, 0.5) is 0 Å². The molecule has 1 fully saturated rings. The highest BCUT2D eigenvalue weighted by atomic mass is 32.2. The summed E-state index contributed by atoms with van der Waals surface area (Å²) in [4.78, 5) is 9.02. The second-order valence-electron chi connectivity index (χ2n) is 5.71. The number of hydrogen-bond donors (Lipinski definition) is 1. The van der Waals surface area contributed by atoms with Crippen LogP contribution in [-0.4, -0.2) is 21.8 Å². The summed E-state index contributed by atoms with van der Waals surface area (Å²) in [5.41, 5.74) is 1.11. The van der Waals surface area contributed by atoms with Gasteiger partial charge in [0.1, 0.15) is 5.82 Å². The van der Waals surface area contributed by atoms with E-state index >= 15 is 0 Å². The second-order valence-corrected chi connectivity index (χ2v) is 7.00. The zero-order valence-electron chi connectivity index (χ0n) is 12.1. The van der Waals surface area contributed by atoms with Crippen LogP contribution in [0.3, 0.4) is 0 Å². The van der Waals surface area contributed by atoms with E-state index in [0.29, 0.717) is 5.92 Å². The minimum Gasteiger partial charge on any atom is -0.311 e. The average Bonchev–Trinajstić information content (AvgIpc) is 2.89. The summed E-state index contributed by atoms with van der Waals surface area (Å²) in [7, 11) is 0. The van der Waals surface area contributed by atoms with Crippen molar-refractivity contribution in [2.24, 2.45) is 5.92 Å². The van der Waals surface area contributed by atoms with E-state index in [1.54, 1.807) is 0 Å². The minimum absolute atomic E-state index is 0.680. The Balaban J connectivity index is 1.77. The average molecular weight is 279 g/mol. The molecule has 1 aliphatic carbocycles. The maximum absolute atomic E-state index is 4.64.